The second-order valence-electron chi connectivity index (χ2n) is 6.70. The van der Waals surface area contributed by atoms with Crippen molar-refractivity contribution in [3.05, 3.63) is 23.8 Å². The zero-order valence-corrected chi connectivity index (χ0v) is 12.8. The van der Waals surface area contributed by atoms with Gasteiger partial charge >= 0.3 is 6.09 Å². The normalized spacial score (nSPS) is 23.8. The maximum Gasteiger partial charge on any atom is 0.412 e. The van der Waals surface area contributed by atoms with Gasteiger partial charge in [-0.15, -0.1) is 0 Å². The van der Waals surface area contributed by atoms with E-state index < -0.39 is 11.7 Å². The first-order valence-electron chi connectivity index (χ1n) is 7.40. The van der Waals surface area contributed by atoms with Crippen molar-refractivity contribution in [3.63, 3.8) is 0 Å². The molecule has 1 atom stereocenters. The largest absolute Gasteiger partial charge is 0.493 e. The summed E-state index contributed by atoms with van der Waals surface area (Å²) >= 11 is 0. The van der Waals surface area contributed by atoms with Gasteiger partial charge in [-0.3, -0.25) is 5.32 Å². The zero-order chi connectivity index (χ0) is 15.1. The van der Waals surface area contributed by atoms with Gasteiger partial charge in [0, 0.05) is 17.7 Å². The summed E-state index contributed by atoms with van der Waals surface area (Å²) in [6.07, 6.45) is 1.64. The van der Waals surface area contributed by atoms with Gasteiger partial charge in [-0.05, 0) is 51.9 Å². The molecule has 1 spiro atoms. The van der Waals surface area contributed by atoms with E-state index in [1.165, 1.54) is 0 Å². The van der Waals surface area contributed by atoms with Gasteiger partial charge in [-0.2, -0.15) is 0 Å². The Balaban J connectivity index is 1.79. The molecular formula is C16H22N2O3. The predicted molar refractivity (Wildman–Crippen MR) is 80.7 cm³/mol. The second-order valence-corrected chi connectivity index (χ2v) is 6.70. The average Bonchev–Trinajstić information content (AvgIpc) is 2.33. The number of benzene rings is 1. The van der Waals surface area contributed by atoms with Crippen LogP contribution in [0.1, 0.15) is 39.2 Å². The minimum atomic E-state index is -0.502. The van der Waals surface area contributed by atoms with E-state index in [0.717, 1.165) is 43.0 Å². The number of hydrogen-bond donors (Lipinski definition) is 2. The van der Waals surface area contributed by atoms with Crippen LogP contribution in [0.15, 0.2) is 18.2 Å². The van der Waals surface area contributed by atoms with Gasteiger partial charge in [0.2, 0.25) is 0 Å². The lowest BCUT2D eigenvalue weighted by Crippen LogP contribution is -2.56. The highest BCUT2D eigenvalue weighted by molar-refractivity contribution is 5.85. The fourth-order valence-corrected chi connectivity index (χ4v) is 2.87. The molecule has 2 aliphatic rings. The fourth-order valence-electron chi connectivity index (χ4n) is 2.87. The van der Waals surface area contributed by atoms with Crippen LogP contribution in [-0.2, 0) is 10.3 Å². The van der Waals surface area contributed by atoms with Crippen LogP contribution >= 0.6 is 0 Å². The minimum absolute atomic E-state index is 0.0270. The molecule has 0 saturated carbocycles. The number of fused-ring (bicyclic) bond motifs is 2. The molecule has 114 valence electrons. The molecule has 1 fully saturated rings. The highest BCUT2D eigenvalue weighted by atomic mass is 16.6. The molecule has 0 unspecified atom stereocenters. The Kier molecular flexibility index (Phi) is 3.32. The molecule has 2 N–H and O–H groups in total. The number of hydrogen-bond acceptors (Lipinski definition) is 4. The van der Waals surface area contributed by atoms with Crippen molar-refractivity contribution >= 4 is 11.8 Å². The molecule has 3 rings (SSSR count). The summed E-state index contributed by atoms with van der Waals surface area (Å²) in [5, 5.41) is 6.30. The number of anilines is 1. The maximum absolute atomic E-state index is 11.9. The van der Waals surface area contributed by atoms with Crippen LogP contribution in [0.25, 0.3) is 0 Å². The third-order valence-electron chi connectivity index (χ3n) is 3.94. The van der Waals surface area contributed by atoms with Crippen molar-refractivity contribution in [2.24, 2.45) is 0 Å². The summed E-state index contributed by atoms with van der Waals surface area (Å²) in [6.45, 7) is 7.31. The average molecular weight is 290 g/mol. The third kappa shape index (κ3) is 2.83. The van der Waals surface area contributed by atoms with Crippen molar-refractivity contribution in [1.82, 2.24) is 5.32 Å². The summed E-state index contributed by atoms with van der Waals surface area (Å²) in [6, 6.07) is 5.76. The molecule has 1 saturated heterocycles. The molecule has 0 radical (unpaired) electrons. The van der Waals surface area contributed by atoms with Gasteiger partial charge in [-0.25, -0.2) is 4.79 Å². The highest BCUT2D eigenvalue weighted by Crippen LogP contribution is 2.44. The van der Waals surface area contributed by atoms with Crippen LogP contribution in [0, 0.1) is 0 Å². The summed E-state index contributed by atoms with van der Waals surface area (Å²) < 4.78 is 11.0. The van der Waals surface area contributed by atoms with E-state index in [4.69, 9.17) is 9.47 Å². The number of carbonyl (C=O) groups is 1. The van der Waals surface area contributed by atoms with Gasteiger partial charge in [0.1, 0.15) is 11.4 Å². The molecule has 21 heavy (non-hydrogen) atoms. The van der Waals surface area contributed by atoms with Gasteiger partial charge < -0.3 is 14.8 Å². The molecule has 5 heteroatoms. The van der Waals surface area contributed by atoms with E-state index in [-0.39, 0.29) is 5.54 Å². The van der Waals surface area contributed by atoms with E-state index in [9.17, 15) is 4.79 Å². The van der Waals surface area contributed by atoms with Gasteiger partial charge in [0.15, 0.2) is 0 Å². The summed E-state index contributed by atoms with van der Waals surface area (Å²) in [4.78, 5) is 11.9. The molecule has 0 bridgehead atoms. The van der Waals surface area contributed by atoms with Crippen molar-refractivity contribution in [1.29, 1.82) is 0 Å². The molecule has 2 heterocycles. The van der Waals surface area contributed by atoms with E-state index in [1.54, 1.807) is 0 Å². The summed E-state index contributed by atoms with van der Waals surface area (Å²) in [5.41, 5.74) is 1.40. The fraction of sp³-hybridized carbons (Fsp3) is 0.562. The summed E-state index contributed by atoms with van der Waals surface area (Å²) in [5.74, 6) is 0.906. The highest BCUT2D eigenvalue weighted by Gasteiger charge is 2.42. The monoisotopic (exact) mass is 290 g/mol. The molecule has 2 aliphatic heterocycles. The molecule has 0 aromatic heterocycles. The standard InChI is InChI=1S/C16H22N2O3/c1-15(2,3)21-14(19)18-11-4-5-13-12(10-11)16(6-8-17-16)7-9-20-13/h4-5,10,17H,6-9H2,1-3H3,(H,18,19)/t16-/m1/s1. The Labute approximate surface area is 125 Å². The van der Waals surface area contributed by atoms with Gasteiger partial charge in [0.05, 0.1) is 12.1 Å². The molecule has 0 aliphatic carbocycles. The smallest absolute Gasteiger partial charge is 0.412 e. The Bertz CT molecular complexity index is 559. The first kappa shape index (κ1) is 14.2. The van der Waals surface area contributed by atoms with Gasteiger partial charge in [-0.1, -0.05) is 0 Å². The predicted octanol–water partition coefficient (Wildman–Crippen LogP) is 3.00. The number of amides is 1. The lowest BCUT2D eigenvalue weighted by Gasteiger charge is -2.47. The van der Waals surface area contributed by atoms with E-state index in [2.05, 4.69) is 10.6 Å². The topological polar surface area (TPSA) is 59.6 Å². The Hall–Kier alpha value is -1.75. The number of rotatable bonds is 1. The lowest BCUT2D eigenvalue weighted by molar-refractivity contribution is 0.0635. The first-order valence-corrected chi connectivity index (χ1v) is 7.40. The lowest BCUT2D eigenvalue weighted by atomic mass is 9.76. The van der Waals surface area contributed by atoms with Crippen LogP contribution in [0.3, 0.4) is 0 Å². The first-order chi connectivity index (χ1) is 9.88. The van der Waals surface area contributed by atoms with Crippen molar-refractivity contribution in [2.75, 3.05) is 18.5 Å². The molecule has 5 nitrogen and oxygen atoms in total. The van der Waals surface area contributed by atoms with Crippen molar-refractivity contribution in [2.45, 2.75) is 44.8 Å². The van der Waals surface area contributed by atoms with E-state index >= 15 is 0 Å². The van der Waals surface area contributed by atoms with E-state index in [0.29, 0.717) is 0 Å². The Morgan fingerprint density at radius 2 is 2.14 bits per heavy atom. The molecule has 1 aromatic rings. The molecule has 1 aromatic carbocycles. The van der Waals surface area contributed by atoms with Crippen molar-refractivity contribution in [3.8, 4) is 5.75 Å². The number of carbonyl (C=O) groups excluding carboxylic acids is 1. The van der Waals surface area contributed by atoms with Crippen molar-refractivity contribution < 1.29 is 14.3 Å². The molecular weight excluding hydrogens is 268 g/mol. The number of nitrogens with one attached hydrogen (secondary N) is 2. The quantitative estimate of drug-likeness (QED) is 0.834. The third-order valence-corrected chi connectivity index (χ3v) is 3.94. The van der Waals surface area contributed by atoms with Crippen LogP contribution in [0.4, 0.5) is 10.5 Å². The van der Waals surface area contributed by atoms with E-state index in [1.807, 2.05) is 39.0 Å². The summed E-state index contributed by atoms with van der Waals surface area (Å²) in [7, 11) is 0. The number of ether oxygens (including phenoxy) is 2. The van der Waals surface area contributed by atoms with Crippen LogP contribution in [0.2, 0.25) is 0 Å². The van der Waals surface area contributed by atoms with Crippen LogP contribution in [0.5, 0.6) is 5.75 Å². The maximum atomic E-state index is 11.9. The second kappa shape index (κ2) is 4.91. The van der Waals surface area contributed by atoms with Crippen LogP contribution < -0.4 is 15.4 Å². The van der Waals surface area contributed by atoms with Crippen LogP contribution in [-0.4, -0.2) is 24.8 Å². The Morgan fingerprint density at radius 3 is 2.76 bits per heavy atom. The zero-order valence-electron chi connectivity index (χ0n) is 12.8. The van der Waals surface area contributed by atoms with Gasteiger partial charge in [0.25, 0.3) is 0 Å². The Morgan fingerprint density at radius 1 is 1.38 bits per heavy atom. The minimum Gasteiger partial charge on any atom is -0.493 e. The molecule has 1 amide bonds. The SMILES string of the molecule is CC(C)(C)OC(=O)Nc1ccc2c(c1)[C@@]1(CCN1)CCO2.